The van der Waals surface area contributed by atoms with Crippen molar-refractivity contribution in [2.24, 2.45) is 7.05 Å². The zero-order chi connectivity index (χ0) is 15.3. The summed E-state index contributed by atoms with van der Waals surface area (Å²) in [5.41, 5.74) is 0.925. The lowest BCUT2D eigenvalue weighted by Crippen LogP contribution is -2.27. The standard InChI is InChI=1S/C12H18N6O2S/c1-13-7-10-3-4-12(14-8-10)21(19,20)16-6-5-11-15-9-18(2)17-11/h3-4,8-9,13,16H,5-7H2,1-2H3. The van der Waals surface area contributed by atoms with Crippen molar-refractivity contribution in [3.8, 4) is 0 Å². The van der Waals surface area contributed by atoms with Crippen LogP contribution in [0.15, 0.2) is 29.7 Å². The van der Waals surface area contributed by atoms with Crippen LogP contribution in [0.4, 0.5) is 0 Å². The third-order valence-electron chi connectivity index (χ3n) is 2.74. The van der Waals surface area contributed by atoms with Crippen LogP contribution in [0.2, 0.25) is 0 Å². The van der Waals surface area contributed by atoms with Crippen molar-refractivity contribution in [3.05, 3.63) is 36.0 Å². The van der Waals surface area contributed by atoms with Crippen LogP contribution in [0.25, 0.3) is 0 Å². The zero-order valence-corrected chi connectivity index (χ0v) is 12.8. The van der Waals surface area contributed by atoms with E-state index in [1.165, 1.54) is 6.07 Å². The largest absolute Gasteiger partial charge is 0.316 e. The summed E-state index contributed by atoms with van der Waals surface area (Å²) in [6, 6.07) is 3.23. The number of pyridine rings is 1. The number of nitrogens with one attached hydrogen (secondary N) is 2. The van der Waals surface area contributed by atoms with Gasteiger partial charge in [0.1, 0.15) is 6.33 Å². The van der Waals surface area contributed by atoms with Crippen LogP contribution >= 0.6 is 0 Å². The first kappa shape index (κ1) is 15.5. The van der Waals surface area contributed by atoms with Gasteiger partial charge in [-0.2, -0.15) is 5.10 Å². The van der Waals surface area contributed by atoms with Crippen LogP contribution in [-0.2, 0) is 30.0 Å². The summed E-state index contributed by atoms with van der Waals surface area (Å²) < 4.78 is 28.2. The van der Waals surface area contributed by atoms with E-state index in [2.05, 4.69) is 25.1 Å². The van der Waals surface area contributed by atoms with Crippen LogP contribution in [0.1, 0.15) is 11.4 Å². The lowest BCUT2D eigenvalue weighted by molar-refractivity contribution is 0.576. The maximum atomic E-state index is 12.1. The highest BCUT2D eigenvalue weighted by atomic mass is 32.2. The third kappa shape index (κ3) is 4.31. The molecule has 0 unspecified atom stereocenters. The predicted octanol–water partition coefficient (Wildman–Crippen LogP) is -0.549. The molecule has 0 aliphatic carbocycles. The van der Waals surface area contributed by atoms with Crippen LogP contribution in [0.3, 0.4) is 0 Å². The van der Waals surface area contributed by atoms with E-state index in [0.29, 0.717) is 18.8 Å². The van der Waals surface area contributed by atoms with Crippen LogP contribution in [-0.4, -0.2) is 41.8 Å². The average molecular weight is 310 g/mol. The second-order valence-electron chi connectivity index (χ2n) is 4.52. The van der Waals surface area contributed by atoms with Crippen molar-refractivity contribution in [1.29, 1.82) is 0 Å². The van der Waals surface area contributed by atoms with Gasteiger partial charge in [-0.3, -0.25) is 4.68 Å². The van der Waals surface area contributed by atoms with E-state index < -0.39 is 10.0 Å². The Labute approximate surface area is 123 Å². The van der Waals surface area contributed by atoms with Crippen LogP contribution in [0, 0.1) is 0 Å². The topological polar surface area (TPSA) is 102 Å². The number of hydrogen-bond acceptors (Lipinski definition) is 6. The number of rotatable bonds is 7. The Morgan fingerprint density at radius 1 is 1.29 bits per heavy atom. The highest BCUT2D eigenvalue weighted by Gasteiger charge is 2.15. The molecule has 2 rings (SSSR count). The molecule has 2 heterocycles. The van der Waals surface area contributed by atoms with E-state index in [4.69, 9.17) is 0 Å². The van der Waals surface area contributed by atoms with Crippen molar-refractivity contribution < 1.29 is 8.42 Å². The fourth-order valence-corrected chi connectivity index (χ4v) is 2.71. The number of aromatic nitrogens is 4. The minimum absolute atomic E-state index is 0.0105. The first-order valence-corrected chi connectivity index (χ1v) is 7.93. The minimum atomic E-state index is -3.60. The molecular weight excluding hydrogens is 292 g/mol. The maximum absolute atomic E-state index is 12.1. The molecule has 0 aliphatic rings. The monoisotopic (exact) mass is 310 g/mol. The second-order valence-corrected chi connectivity index (χ2v) is 6.23. The van der Waals surface area contributed by atoms with Crippen molar-refractivity contribution in [3.63, 3.8) is 0 Å². The van der Waals surface area contributed by atoms with E-state index in [1.807, 2.05) is 7.05 Å². The fourth-order valence-electron chi connectivity index (χ4n) is 1.75. The van der Waals surface area contributed by atoms with E-state index in [-0.39, 0.29) is 11.6 Å². The summed E-state index contributed by atoms with van der Waals surface area (Å²) in [5, 5.41) is 7.07. The van der Waals surface area contributed by atoms with Gasteiger partial charge in [0.2, 0.25) is 0 Å². The summed E-state index contributed by atoms with van der Waals surface area (Å²) in [6.07, 6.45) is 3.55. The van der Waals surface area contributed by atoms with Gasteiger partial charge in [-0.25, -0.2) is 23.1 Å². The molecule has 0 saturated carbocycles. The molecule has 0 fully saturated rings. The Balaban J connectivity index is 1.94. The van der Waals surface area contributed by atoms with Crippen LogP contribution < -0.4 is 10.0 Å². The lowest BCUT2D eigenvalue weighted by atomic mass is 10.3. The number of aryl methyl sites for hydroxylation is 1. The van der Waals surface area contributed by atoms with Crippen LogP contribution in [0.5, 0.6) is 0 Å². The van der Waals surface area contributed by atoms with Gasteiger partial charge in [0.25, 0.3) is 10.0 Å². The molecule has 0 amide bonds. The van der Waals surface area contributed by atoms with E-state index in [1.54, 1.807) is 30.3 Å². The molecule has 0 bridgehead atoms. The van der Waals surface area contributed by atoms with Crippen molar-refractivity contribution >= 4 is 10.0 Å². The molecule has 8 nitrogen and oxygen atoms in total. The normalized spacial score (nSPS) is 11.7. The molecular formula is C12H18N6O2S. The molecule has 21 heavy (non-hydrogen) atoms. The zero-order valence-electron chi connectivity index (χ0n) is 11.9. The van der Waals surface area contributed by atoms with E-state index in [0.717, 1.165) is 5.56 Å². The minimum Gasteiger partial charge on any atom is -0.316 e. The molecule has 2 aromatic rings. The summed E-state index contributed by atoms with van der Waals surface area (Å²) in [7, 11) is -0.0207. The molecule has 0 atom stereocenters. The molecule has 2 aromatic heterocycles. The fraction of sp³-hybridized carbons (Fsp3) is 0.417. The Kier molecular flexibility index (Phi) is 4.99. The molecule has 9 heteroatoms. The maximum Gasteiger partial charge on any atom is 0.258 e. The molecule has 0 spiro atoms. The predicted molar refractivity (Wildman–Crippen MR) is 76.9 cm³/mol. The Bertz CT molecular complexity index is 680. The molecule has 0 saturated heterocycles. The van der Waals surface area contributed by atoms with Gasteiger partial charge >= 0.3 is 0 Å². The number of nitrogens with zero attached hydrogens (tertiary/aromatic N) is 4. The smallest absolute Gasteiger partial charge is 0.258 e. The van der Waals surface area contributed by atoms with Gasteiger partial charge in [-0.05, 0) is 18.7 Å². The molecule has 0 aliphatic heterocycles. The average Bonchev–Trinajstić information content (AvgIpc) is 2.85. The van der Waals surface area contributed by atoms with Gasteiger partial charge in [0.05, 0.1) is 0 Å². The van der Waals surface area contributed by atoms with Gasteiger partial charge in [-0.1, -0.05) is 6.07 Å². The summed E-state index contributed by atoms with van der Waals surface area (Å²) >= 11 is 0. The first-order valence-electron chi connectivity index (χ1n) is 6.45. The highest BCUT2D eigenvalue weighted by molar-refractivity contribution is 7.89. The quantitative estimate of drug-likeness (QED) is 0.711. The van der Waals surface area contributed by atoms with E-state index in [9.17, 15) is 8.42 Å². The number of sulfonamides is 1. The Hall–Kier alpha value is -1.84. The molecule has 2 N–H and O–H groups in total. The molecule has 0 radical (unpaired) electrons. The van der Waals surface area contributed by atoms with Crippen molar-refractivity contribution in [2.75, 3.05) is 13.6 Å². The van der Waals surface area contributed by atoms with Crippen molar-refractivity contribution in [1.82, 2.24) is 29.8 Å². The second kappa shape index (κ2) is 6.74. The van der Waals surface area contributed by atoms with Gasteiger partial charge in [-0.15, -0.1) is 0 Å². The third-order valence-corrected chi connectivity index (χ3v) is 4.12. The van der Waals surface area contributed by atoms with Gasteiger partial charge in [0, 0.05) is 32.8 Å². The van der Waals surface area contributed by atoms with E-state index >= 15 is 0 Å². The summed E-state index contributed by atoms with van der Waals surface area (Å²) in [6.45, 7) is 0.873. The van der Waals surface area contributed by atoms with Gasteiger partial charge < -0.3 is 5.32 Å². The molecule has 0 aromatic carbocycles. The first-order chi connectivity index (χ1) is 10.0. The van der Waals surface area contributed by atoms with Crippen molar-refractivity contribution in [2.45, 2.75) is 18.0 Å². The molecule has 114 valence electrons. The lowest BCUT2D eigenvalue weighted by Gasteiger charge is -2.06. The highest BCUT2D eigenvalue weighted by Crippen LogP contribution is 2.06. The van der Waals surface area contributed by atoms with Gasteiger partial charge in [0.15, 0.2) is 10.9 Å². The summed E-state index contributed by atoms with van der Waals surface area (Å²) in [4.78, 5) is 8.01. The Morgan fingerprint density at radius 3 is 2.67 bits per heavy atom. The number of hydrogen-bond donors (Lipinski definition) is 2. The SMILES string of the molecule is CNCc1ccc(S(=O)(=O)NCCc2ncn(C)n2)nc1. The Morgan fingerprint density at radius 2 is 2.10 bits per heavy atom. The summed E-state index contributed by atoms with van der Waals surface area (Å²) in [5.74, 6) is 0.595.